The lowest BCUT2D eigenvalue weighted by molar-refractivity contribution is -0.137. The number of piperidine rings is 1. The van der Waals surface area contributed by atoms with E-state index in [-0.39, 0.29) is 29.7 Å². The smallest absolute Gasteiger partial charge is 0.416 e. The summed E-state index contributed by atoms with van der Waals surface area (Å²) in [6.07, 6.45) is -0.0236. The molecule has 1 aliphatic rings. The van der Waals surface area contributed by atoms with E-state index in [1.807, 2.05) is 18.7 Å². The van der Waals surface area contributed by atoms with Crippen molar-refractivity contribution in [2.45, 2.75) is 70.4 Å². The third-order valence-electron chi connectivity index (χ3n) is 5.98. The number of likely N-dealkylation sites (tertiary alicyclic amines) is 1. The van der Waals surface area contributed by atoms with Crippen LogP contribution in [0.1, 0.15) is 50.7 Å². The van der Waals surface area contributed by atoms with Crippen LogP contribution in [0, 0.1) is 0 Å². The van der Waals surface area contributed by atoms with E-state index in [2.05, 4.69) is 25.9 Å². The van der Waals surface area contributed by atoms with E-state index in [9.17, 15) is 23.1 Å². The summed E-state index contributed by atoms with van der Waals surface area (Å²) in [6, 6.07) is 2.90. The zero-order chi connectivity index (χ0) is 24.3. The molecule has 2 heterocycles. The lowest BCUT2D eigenvalue weighted by atomic mass is 9.87. The van der Waals surface area contributed by atoms with Gasteiger partial charge in [0.05, 0.1) is 10.0 Å². The van der Waals surface area contributed by atoms with E-state index < -0.39 is 17.8 Å². The van der Waals surface area contributed by atoms with E-state index in [1.54, 1.807) is 12.4 Å². The molecular weight excluding hydrogens is 525 g/mol. The van der Waals surface area contributed by atoms with E-state index >= 15 is 0 Å². The first-order valence-corrected chi connectivity index (χ1v) is 11.8. The van der Waals surface area contributed by atoms with Gasteiger partial charge in [-0.1, -0.05) is 25.4 Å². The number of amides is 1. The highest BCUT2D eigenvalue weighted by atomic mass is 79.9. The third-order valence-corrected chi connectivity index (χ3v) is 6.61. The minimum Gasteiger partial charge on any atom is -0.465 e. The van der Waals surface area contributed by atoms with Gasteiger partial charge in [-0.3, -0.25) is 0 Å². The number of aromatic nitrogens is 2. The molecule has 1 N–H and O–H groups in total. The van der Waals surface area contributed by atoms with Crippen LogP contribution < -0.4 is 4.90 Å². The number of alkyl halides is 3. The van der Waals surface area contributed by atoms with Crippen molar-refractivity contribution in [1.82, 2.24) is 14.9 Å². The van der Waals surface area contributed by atoms with Crippen LogP contribution in [0.3, 0.4) is 0 Å². The van der Waals surface area contributed by atoms with Crippen molar-refractivity contribution < 1.29 is 23.1 Å². The molecule has 3 atom stereocenters. The summed E-state index contributed by atoms with van der Waals surface area (Å²) >= 11 is 9.32. The van der Waals surface area contributed by atoms with Gasteiger partial charge < -0.3 is 14.9 Å². The van der Waals surface area contributed by atoms with E-state index in [1.165, 1.54) is 11.0 Å². The maximum Gasteiger partial charge on any atom is 0.416 e. The molecule has 0 bridgehead atoms. The second kappa shape index (κ2) is 10.5. The number of nitrogens with zero attached hydrogens (tertiary/aromatic N) is 4. The molecule has 1 fully saturated rings. The third kappa shape index (κ3) is 6.09. The van der Waals surface area contributed by atoms with Gasteiger partial charge in [0.2, 0.25) is 5.95 Å². The fraction of sp³-hybridized carbons (Fsp3) is 0.500. The fourth-order valence-corrected chi connectivity index (χ4v) is 4.92. The Kier molecular flexibility index (Phi) is 8.10. The number of hydrogen-bond donors (Lipinski definition) is 1. The van der Waals surface area contributed by atoms with Gasteiger partial charge >= 0.3 is 12.3 Å². The summed E-state index contributed by atoms with van der Waals surface area (Å²) in [5.74, 6) is 0.366. The van der Waals surface area contributed by atoms with Crippen LogP contribution in [0.2, 0.25) is 5.02 Å². The van der Waals surface area contributed by atoms with Gasteiger partial charge in [0, 0.05) is 42.1 Å². The normalized spacial score (nSPS) is 21.2. The summed E-state index contributed by atoms with van der Waals surface area (Å²) in [5, 5.41) is 9.74. The van der Waals surface area contributed by atoms with Gasteiger partial charge in [0.25, 0.3) is 0 Å². The number of carbonyl (C=O) groups is 1. The summed E-state index contributed by atoms with van der Waals surface area (Å²) in [4.78, 5) is 24.0. The van der Waals surface area contributed by atoms with Crippen LogP contribution in [-0.4, -0.2) is 44.2 Å². The Hall–Kier alpha value is -2.07. The first-order chi connectivity index (χ1) is 15.5. The van der Waals surface area contributed by atoms with Crippen molar-refractivity contribution in [3.8, 4) is 0 Å². The first kappa shape index (κ1) is 25.6. The van der Waals surface area contributed by atoms with Gasteiger partial charge in [0.1, 0.15) is 0 Å². The highest BCUT2D eigenvalue weighted by molar-refractivity contribution is 9.10. The molecule has 0 aliphatic carbocycles. The summed E-state index contributed by atoms with van der Waals surface area (Å²) in [7, 11) is 0. The van der Waals surface area contributed by atoms with Crippen LogP contribution in [0.15, 0.2) is 35.1 Å². The van der Waals surface area contributed by atoms with Crippen LogP contribution in [0.5, 0.6) is 0 Å². The van der Waals surface area contributed by atoms with Crippen LogP contribution in [0.25, 0.3) is 0 Å². The van der Waals surface area contributed by atoms with Crippen molar-refractivity contribution in [3.05, 3.63) is 51.2 Å². The van der Waals surface area contributed by atoms with Crippen LogP contribution >= 0.6 is 27.5 Å². The van der Waals surface area contributed by atoms with E-state index in [0.717, 1.165) is 12.1 Å². The summed E-state index contributed by atoms with van der Waals surface area (Å²) < 4.78 is 40.7. The van der Waals surface area contributed by atoms with Gasteiger partial charge in [-0.05, 0) is 65.4 Å². The molecule has 0 spiro atoms. The number of benzene rings is 1. The van der Waals surface area contributed by atoms with Crippen molar-refractivity contribution in [3.63, 3.8) is 0 Å². The monoisotopic (exact) mass is 548 g/mol. The molecule has 11 heteroatoms. The maximum absolute atomic E-state index is 13.4. The molecule has 0 unspecified atom stereocenters. The Bertz CT molecular complexity index is 963. The Balaban J connectivity index is 2.00. The van der Waals surface area contributed by atoms with E-state index in [4.69, 9.17) is 11.6 Å². The number of rotatable bonds is 6. The number of halogens is 5. The lowest BCUT2D eigenvalue weighted by Crippen LogP contribution is -2.56. The maximum atomic E-state index is 13.4. The SMILES string of the molecule is CC[C@@H]1C[C@@H](N(Cc2cc(Cl)cc(C(F)(F)F)c2)c2ncc(Br)cn2)C[C@H](CC)N1C(=O)O. The zero-order valence-corrected chi connectivity index (χ0v) is 20.5. The number of anilines is 1. The molecule has 1 aromatic heterocycles. The average molecular weight is 550 g/mol. The minimum atomic E-state index is -4.52. The molecule has 2 aromatic rings. The Morgan fingerprint density at radius 2 is 1.76 bits per heavy atom. The van der Waals surface area contributed by atoms with Crippen molar-refractivity contribution in [1.29, 1.82) is 0 Å². The molecule has 0 radical (unpaired) electrons. The average Bonchev–Trinajstić information content (AvgIpc) is 2.76. The highest BCUT2D eigenvalue weighted by Crippen LogP contribution is 2.35. The largest absolute Gasteiger partial charge is 0.465 e. The lowest BCUT2D eigenvalue weighted by Gasteiger charge is -2.46. The quantitative estimate of drug-likeness (QED) is 0.439. The second-order valence-corrected chi connectivity index (χ2v) is 9.47. The van der Waals surface area contributed by atoms with Crippen molar-refractivity contribution >= 4 is 39.6 Å². The molecule has 3 rings (SSSR count). The molecule has 1 aromatic carbocycles. The molecular formula is C22H25BrClF3N4O2. The highest BCUT2D eigenvalue weighted by Gasteiger charge is 2.40. The van der Waals surface area contributed by atoms with Crippen LogP contribution in [-0.2, 0) is 12.7 Å². The molecule has 1 aliphatic heterocycles. The van der Waals surface area contributed by atoms with Gasteiger partial charge in [-0.2, -0.15) is 13.2 Å². The second-order valence-electron chi connectivity index (χ2n) is 8.11. The minimum absolute atomic E-state index is 0.00457. The Labute approximate surface area is 203 Å². The topological polar surface area (TPSA) is 69.6 Å². The Morgan fingerprint density at radius 3 is 2.24 bits per heavy atom. The first-order valence-electron chi connectivity index (χ1n) is 10.7. The zero-order valence-electron chi connectivity index (χ0n) is 18.2. The number of hydrogen-bond acceptors (Lipinski definition) is 4. The standard InChI is InChI=1S/C22H25BrClF3N4O2/c1-3-17-8-19(9-18(4-2)31(17)21(32)33)30(20-28-10-15(23)11-29-20)12-13-5-14(22(25,26)27)7-16(24)6-13/h5-7,10-11,17-19H,3-4,8-9,12H2,1-2H3,(H,32,33)/t17-,18+,19-. The van der Waals surface area contributed by atoms with Gasteiger partial charge in [-0.25, -0.2) is 14.8 Å². The van der Waals surface area contributed by atoms with Crippen molar-refractivity contribution in [2.24, 2.45) is 0 Å². The molecule has 1 amide bonds. The molecule has 180 valence electrons. The number of carboxylic acid groups (broad SMARTS) is 1. The predicted molar refractivity (Wildman–Crippen MR) is 123 cm³/mol. The molecule has 33 heavy (non-hydrogen) atoms. The van der Waals surface area contributed by atoms with E-state index in [0.29, 0.717) is 41.7 Å². The van der Waals surface area contributed by atoms with Gasteiger partial charge in [0.15, 0.2) is 0 Å². The fourth-order valence-electron chi connectivity index (χ4n) is 4.46. The molecule has 0 saturated carbocycles. The molecule has 1 saturated heterocycles. The summed E-state index contributed by atoms with van der Waals surface area (Å²) in [6.45, 7) is 3.97. The molecule has 6 nitrogen and oxygen atoms in total. The van der Waals surface area contributed by atoms with Crippen molar-refractivity contribution in [2.75, 3.05) is 4.90 Å². The Morgan fingerprint density at radius 1 is 1.18 bits per heavy atom. The van der Waals surface area contributed by atoms with Gasteiger partial charge in [-0.15, -0.1) is 0 Å². The predicted octanol–water partition coefficient (Wildman–Crippen LogP) is 6.62. The summed E-state index contributed by atoms with van der Waals surface area (Å²) in [5.41, 5.74) is -0.441. The van der Waals surface area contributed by atoms with Crippen LogP contribution in [0.4, 0.5) is 23.9 Å².